The van der Waals surface area contributed by atoms with Crippen LogP contribution >= 0.6 is 0 Å². The van der Waals surface area contributed by atoms with Crippen molar-refractivity contribution in [2.24, 2.45) is 17.6 Å². The molecule has 1 aromatic carbocycles. The summed E-state index contributed by atoms with van der Waals surface area (Å²) in [6, 6.07) is 4.45. The molecule has 0 saturated carbocycles. The van der Waals surface area contributed by atoms with E-state index >= 15 is 0 Å². The number of hydrogen-bond acceptors (Lipinski definition) is 4. The van der Waals surface area contributed by atoms with Crippen molar-refractivity contribution in [2.45, 2.75) is 32.7 Å². The zero-order valence-corrected chi connectivity index (χ0v) is 16.4. The van der Waals surface area contributed by atoms with Crippen molar-refractivity contribution in [3.05, 3.63) is 35.6 Å². The van der Waals surface area contributed by atoms with Crippen molar-refractivity contribution in [1.29, 1.82) is 0 Å². The van der Waals surface area contributed by atoms with Crippen molar-refractivity contribution in [1.82, 2.24) is 15.5 Å². The first-order valence-electron chi connectivity index (χ1n) is 9.66. The lowest BCUT2D eigenvalue weighted by Gasteiger charge is -2.35. The standard InChI is InChI=1S/C20H29FN4O3/c1-13(2)17(24-19(27)14-5-7-16(21)8-6-14)20(28)25-11-3-4-15(12-25)18(26)23-10-9-22/h5-8,13,15,17H,3-4,9-12,22H2,1-2H3,(H,23,26)(H,24,27). The van der Waals surface area contributed by atoms with Crippen LogP contribution in [0.1, 0.15) is 37.0 Å². The Labute approximate surface area is 164 Å². The number of amides is 3. The Kier molecular flexibility index (Phi) is 7.92. The van der Waals surface area contributed by atoms with E-state index in [1.807, 2.05) is 13.8 Å². The maximum absolute atomic E-state index is 13.1. The molecular weight excluding hydrogens is 363 g/mol. The topological polar surface area (TPSA) is 105 Å². The highest BCUT2D eigenvalue weighted by molar-refractivity contribution is 5.97. The molecule has 2 atom stereocenters. The number of rotatable bonds is 7. The van der Waals surface area contributed by atoms with Crippen molar-refractivity contribution < 1.29 is 18.8 Å². The summed E-state index contributed by atoms with van der Waals surface area (Å²) in [6.07, 6.45) is 1.44. The van der Waals surface area contributed by atoms with Crippen LogP contribution in [0.25, 0.3) is 0 Å². The number of benzene rings is 1. The highest BCUT2D eigenvalue weighted by Gasteiger charge is 2.33. The number of nitrogens with one attached hydrogen (secondary N) is 2. The fourth-order valence-electron chi connectivity index (χ4n) is 3.27. The van der Waals surface area contributed by atoms with E-state index in [9.17, 15) is 18.8 Å². The van der Waals surface area contributed by atoms with Gasteiger partial charge in [0.2, 0.25) is 11.8 Å². The lowest BCUT2D eigenvalue weighted by atomic mass is 9.94. The van der Waals surface area contributed by atoms with Gasteiger partial charge in [0.1, 0.15) is 11.9 Å². The maximum Gasteiger partial charge on any atom is 0.251 e. The van der Waals surface area contributed by atoms with Gasteiger partial charge in [-0.1, -0.05) is 13.8 Å². The van der Waals surface area contributed by atoms with Crippen molar-refractivity contribution in [2.75, 3.05) is 26.2 Å². The zero-order chi connectivity index (χ0) is 20.7. The number of nitrogens with two attached hydrogens (primary N) is 1. The average molecular weight is 392 g/mol. The Morgan fingerprint density at radius 2 is 1.93 bits per heavy atom. The molecule has 3 amide bonds. The molecule has 8 heteroatoms. The molecule has 4 N–H and O–H groups in total. The van der Waals surface area contributed by atoms with Crippen LogP contribution in [-0.4, -0.2) is 54.8 Å². The second-order valence-corrected chi connectivity index (χ2v) is 7.41. The minimum Gasteiger partial charge on any atom is -0.355 e. The van der Waals surface area contributed by atoms with Crippen LogP contribution in [0, 0.1) is 17.7 Å². The van der Waals surface area contributed by atoms with Crippen molar-refractivity contribution in [3.8, 4) is 0 Å². The molecule has 0 spiro atoms. The zero-order valence-electron chi connectivity index (χ0n) is 16.4. The quantitative estimate of drug-likeness (QED) is 0.641. The number of carbonyl (C=O) groups is 3. The van der Waals surface area contributed by atoms with Crippen LogP contribution < -0.4 is 16.4 Å². The van der Waals surface area contributed by atoms with Crippen LogP contribution in [0.15, 0.2) is 24.3 Å². The molecule has 28 heavy (non-hydrogen) atoms. The van der Waals surface area contributed by atoms with Gasteiger partial charge in [0.15, 0.2) is 0 Å². The lowest BCUT2D eigenvalue weighted by Crippen LogP contribution is -2.54. The lowest BCUT2D eigenvalue weighted by molar-refractivity contribution is -0.138. The Morgan fingerprint density at radius 3 is 2.54 bits per heavy atom. The number of likely N-dealkylation sites (tertiary alicyclic amines) is 1. The third-order valence-electron chi connectivity index (χ3n) is 4.87. The van der Waals surface area contributed by atoms with E-state index in [1.165, 1.54) is 24.3 Å². The fraction of sp³-hybridized carbons (Fsp3) is 0.550. The molecule has 154 valence electrons. The molecular formula is C20H29FN4O3. The van der Waals surface area contributed by atoms with Crippen LogP contribution in [0.4, 0.5) is 4.39 Å². The summed E-state index contributed by atoms with van der Waals surface area (Å²) >= 11 is 0. The van der Waals surface area contributed by atoms with E-state index in [1.54, 1.807) is 4.90 Å². The van der Waals surface area contributed by atoms with E-state index in [-0.39, 0.29) is 29.2 Å². The summed E-state index contributed by atoms with van der Waals surface area (Å²) in [7, 11) is 0. The van der Waals surface area contributed by atoms with Gasteiger partial charge in [0, 0.05) is 31.7 Å². The first-order chi connectivity index (χ1) is 13.3. The van der Waals surface area contributed by atoms with E-state index < -0.39 is 17.8 Å². The summed E-state index contributed by atoms with van der Waals surface area (Å²) in [5, 5.41) is 5.53. The summed E-state index contributed by atoms with van der Waals surface area (Å²) < 4.78 is 13.1. The normalized spacial score (nSPS) is 17.9. The molecule has 2 unspecified atom stereocenters. The van der Waals surface area contributed by atoms with Crippen molar-refractivity contribution in [3.63, 3.8) is 0 Å². The molecule has 1 aromatic rings. The van der Waals surface area contributed by atoms with Gasteiger partial charge in [-0.25, -0.2) is 4.39 Å². The second kappa shape index (κ2) is 10.2. The molecule has 0 aliphatic carbocycles. The Balaban J connectivity index is 2.04. The Bertz CT molecular complexity index is 693. The monoisotopic (exact) mass is 392 g/mol. The molecule has 2 rings (SSSR count). The second-order valence-electron chi connectivity index (χ2n) is 7.41. The highest BCUT2D eigenvalue weighted by Crippen LogP contribution is 2.19. The number of hydrogen-bond donors (Lipinski definition) is 3. The van der Waals surface area contributed by atoms with E-state index in [0.29, 0.717) is 32.6 Å². The predicted molar refractivity (Wildman–Crippen MR) is 104 cm³/mol. The van der Waals surface area contributed by atoms with Gasteiger partial charge in [-0.2, -0.15) is 0 Å². The first kappa shape index (κ1) is 21.8. The minimum absolute atomic E-state index is 0.0978. The number of carbonyl (C=O) groups excluding carboxylic acids is 3. The predicted octanol–water partition coefficient (Wildman–Crippen LogP) is 0.894. The van der Waals surface area contributed by atoms with Gasteiger partial charge in [-0.3, -0.25) is 14.4 Å². The van der Waals surface area contributed by atoms with Crippen molar-refractivity contribution >= 4 is 17.7 Å². The van der Waals surface area contributed by atoms with E-state index in [4.69, 9.17) is 5.73 Å². The first-order valence-corrected chi connectivity index (χ1v) is 9.66. The molecule has 1 aliphatic rings. The third kappa shape index (κ3) is 5.76. The van der Waals surface area contributed by atoms with Gasteiger partial charge in [-0.15, -0.1) is 0 Å². The minimum atomic E-state index is -0.719. The van der Waals surface area contributed by atoms with Gasteiger partial charge in [0.05, 0.1) is 5.92 Å². The maximum atomic E-state index is 13.1. The van der Waals surface area contributed by atoms with Crippen LogP contribution in [0.2, 0.25) is 0 Å². The van der Waals surface area contributed by atoms with Gasteiger partial charge in [0.25, 0.3) is 5.91 Å². The molecule has 1 aliphatic heterocycles. The van der Waals surface area contributed by atoms with E-state index in [0.717, 1.165) is 6.42 Å². The summed E-state index contributed by atoms with van der Waals surface area (Å²) in [5.74, 6) is -1.57. The van der Waals surface area contributed by atoms with Gasteiger partial charge >= 0.3 is 0 Å². The molecule has 0 aromatic heterocycles. The summed E-state index contributed by atoms with van der Waals surface area (Å²) in [5.41, 5.74) is 5.71. The Hall–Kier alpha value is -2.48. The number of piperidine rings is 1. The largest absolute Gasteiger partial charge is 0.355 e. The molecule has 7 nitrogen and oxygen atoms in total. The molecule has 1 fully saturated rings. The Morgan fingerprint density at radius 1 is 1.25 bits per heavy atom. The molecule has 0 bridgehead atoms. The average Bonchev–Trinajstić information content (AvgIpc) is 2.69. The molecule has 1 saturated heterocycles. The molecule has 1 heterocycles. The van der Waals surface area contributed by atoms with Crippen LogP contribution in [0.3, 0.4) is 0 Å². The fourth-order valence-corrected chi connectivity index (χ4v) is 3.27. The van der Waals surface area contributed by atoms with Gasteiger partial charge in [-0.05, 0) is 43.0 Å². The number of nitrogens with zero attached hydrogens (tertiary/aromatic N) is 1. The summed E-state index contributed by atoms with van der Waals surface area (Å²) in [6.45, 7) is 5.35. The smallest absolute Gasteiger partial charge is 0.251 e. The molecule has 0 radical (unpaired) electrons. The third-order valence-corrected chi connectivity index (χ3v) is 4.87. The number of halogens is 1. The van der Waals surface area contributed by atoms with E-state index in [2.05, 4.69) is 10.6 Å². The summed E-state index contributed by atoms with van der Waals surface area (Å²) in [4.78, 5) is 39.4. The van der Waals surface area contributed by atoms with Gasteiger partial charge < -0.3 is 21.3 Å². The van der Waals surface area contributed by atoms with Crippen LogP contribution in [-0.2, 0) is 9.59 Å². The SMILES string of the molecule is CC(C)C(NC(=O)c1ccc(F)cc1)C(=O)N1CCCC(C(=O)NCCN)C1. The van der Waals surface area contributed by atoms with Crippen LogP contribution in [0.5, 0.6) is 0 Å². The highest BCUT2D eigenvalue weighted by atomic mass is 19.1.